The first kappa shape index (κ1) is 20.3. The van der Waals surface area contributed by atoms with Crippen molar-refractivity contribution in [3.05, 3.63) is 17.0 Å². The third kappa shape index (κ3) is 5.97. The van der Waals surface area contributed by atoms with Gasteiger partial charge in [0.15, 0.2) is 5.96 Å². The van der Waals surface area contributed by atoms with Gasteiger partial charge in [-0.2, -0.15) is 5.10 Å². The lowest BCUT2D eigenvalue weighted by atomic mass is 9.96. The molecule has 1 heterocycles. The highest BCUT2D eigenvalue weighted by Crippen LogP contribution is 2.17. The van der Waals surface area contributed by atoms with Crippen LogP contribution in [-0.4, -0.2) is 34.9 Å². The minimum absolute atomic E-state index is 0. The summed E-state index contributed by atoms with van der Waals surface area (Å²) in [5, 5.41) is 11.4. The summed E-state index contributed by atoms with van der Waals surface area (Å²) >= 11 is 0. The summed E-state index contributed by atoms with van der Waals surface area (Å²) in [6.07, 6.45) is 7.55. The first-order valence-corrected chi connectivity index (χ1v) is 8.65. The van der Waals surface area contributed by atoms with E-state index in [1.54, 1.807) is 0 Å². The number of hydrogen-bond acceptors (Lipinski definition) is 2. The van der Waals surface area contributed by atoms with Crippen molar-refractivity contribution in [3.8, 4) is 0 Å². The third-order valence-corrected chi connectivity index (χ3v) is 4.58. The second-order valence-corrected chi connectivity index (χ2v) is 6.26. The predicted octanol–water partition coefficient (Wildman–Crippen LogP) is 3.09. The fourth-order valence-electron chi connectivity index (χ4n) is 3.22. The van der Waals surface area contributed by atoms with E-state index in [1.165, 1.54) is 43.4 Å². The molecule has 0 aromatic carbocycles. The Balaban J connectivity index is 0.00000264. The van der Waals surface area contributed by atoms with E-state index in [1.807, 2.05) is 11.7 Å². The molecule has 1 aliphatic rings. The van der Waals surface area contributed by atoms with E-state index in [4.69, 9.17) is 4.99 Å². The smallest absolute Gasteiger partial charge is 0.191 e. The van der Waals surface area contributed by atoms with Gasteiger partial charge in [-0.3, -0.25) is 9.67 Å². The van der Waals surface area contributed by atoms with Crippen molar-refractivity contribution < 1.29 is 0 Å². The first-order chi connectivity index (χ1) is 10.6. The average Bonchev–Trinajstić information content (AvgIpc) is 2.74. The summed E-state index contributed by atoms with van der Waals surface area (Å²) < 4.78 is 1.96. The average molecular weight is 433 g/mol. The maximum absolute atomic E-state index is 4.75. The van der Waals surface area contributed by atoms with E-state index in [9.17, 15) is 0 Å². The van der Waals surface area contributed by atoms with E-state index in [-0.39, 0.29) is 24.0 Å². The molecule has 0 amide bonds. The molecule has 0 bridgehead atoms. The molecule has 0 unspecified atom stereocenters. The second-order valence-electron chi connectivity index (χ2n) is 6.26. The number of halogens is 1. The van der Waals surface area contributed by atoms with Crippen LogP contribution in [0.2, 0.25) is 0 Å². The summed E-state index contributed by atoms with van der Waals surface area (Å²) in [6, 6.07) is 0.591. The van der Waals surface area contributed by atoms with E-state index >= 15 is 0 Å². The molecule has 1 aliphatic carbocycles. The summed E-state index contributed by atoms with van der Waals surface area (Å²) in [5.74, 6) is 0.966. The van der Waals surface area contributed by atoms with Crippen molar-refractivity contribution in [3.63, 3.8) is 0 Å². The first-order valence-electron chi connectivity index (χ1n) is 8.65. The van der Waals surface area contributed by atoms with E-state index in [0.717, 1.165) is 31.2 Å². The molecule has 1 aromatic rings. The number of hydrogen-bond donors (Lipinski definition) is 2. The van der Waals surface area contributed by atoms with Crippen LogP contribution in [0.1, 0.15) is 56.0 Å². The number of aryl methyl sites for hydroxylation is 2. The van der Waals surface area contributed by atoms with Gasteiger partial charge >= 0.3 is 0 Å². The van der Waals surface area contributed by atoms with Crippen LogP contribution in [0, 0.1) is 13.8 Å². The molecular weight excluding hydrogens is 401 g/mol. The van der Waals surface area contributed by atoms with Crippen LogP contribution in [0.25, 0.3) is 0 Å². The molecule has 0 aliphatic heterocycles. The quantitative estimate of drug-likeness (QED) is 0.426. The molecular formula is C17H32IN5. The number of rotatable bonds is 5. The minimum Gasteiger partial charge on any atom is -0.357 e. The Hall–Kier alpha value is -0.790. The van der Waals surface area contributed by atoms with E-state index in [2.05, 4.69) is 36.5 Å². The van der Waals surface area contributed by atoms with Gasteiger partial charge in [-0.05, 0) is 45.6 Å². The van der Waals surface area contributed by atoms with Crippen LogP contribution in [-0.2, 0) is 13.5 Å². The highest BCUT2D eigenvalue weighted by atomic mass is 127. The Morgan fingerprint density at radius 1 is 1.26 bits per heavy atom. The highest BCUT2D eigenvalue weighted by Gasteiger charge is 2.14. The number of nitrogens with one attached hydrogen (secondary N) is 2. The zero-order chi connectivity index (χ0) is 15.9. The lowest BCUT2D eigenvalue weighted by molar-refractivity contribution is 0.410. The number of guanidine groups is 1. The topological polar surface area (TPSA) is 54.2 Å². The normalized spacial score (nSPS) is 16.1. The van der Waals surface area contributed by atoms with Gasteiger partial charge in [-0.1, -0.05) is 19.3 Å². The molecule has 132 valence electrons. The van der Waals surface area contributed by atoms with Crippen LogP contribution >= 0.6 is 24.0 Å². The molecule has 1 fully saturated rings. The van der Waals surface area contributed by atoms with E-state index < -0.39 is 0 Å². The molecule has 0 spiro atoms. The van der Waals surface area contributed by atoms with Crippen molar-refractivity contribution in [2.24, 2.45) is 12.0 Å². The number of aliphatic imine (C=N–C) groups is 1. The second kappa shape index (κ2) is 10.2. The van der Waals surface area contributed by atoms with Gasteiger partial charge < -0.3 is 10.6 Å². The monoisotopic (exact) mass is 433 g/mol. The van der Waals surface area contributed by atoms with Crippen molar-refractivity contribution in [2.75, 3.05) is 13.1 Å². The number of aromatic nitrogens is 2. The summed E-state index contributed by atoms with van der Waals surface area (Å²) in [7, 11) is 2.00. The van der Waals surface area contributed by atoms with E-state index in [0.29, 0.717) is 6.04 Å². The summed E-state index contributed by atoms with van der Waals surface area (Å²) in [6.45, 7) is 8.04. The molecule has 2 rings (SSSR count). The largest absolute Gasteiger partial charge is 0.357 e. The van der Waals surface area contributed by atoms with Gasteiger partial charge in [0.25, 0.3) is 0 Å². The van der Waals surface area contributed by atoms with Gasteiger partial charge in [0.05, 0.1) is 5.69 Å². The van der Waals surface area contributed by atoms with Crippen molar-refractivity contribution in [1.82, 2.24) is 20.4 Å². The molecule has 6 heteroatoms. The zero-order valence-corrected chi connectivity index (χ0v) is 17.3. The lowest BCUT2D eigenvalue weighted by Gasteiger charge is -2.24. The van der Waals surface area contributed by atoms with Gasteiger partial charge in [-0.25, -0.2) is 0 Å². The van der Waals surface area contributed by atoms with Crippen LogP contribution in [0.15, 0.2) is 4.99 Å². The molecule has 0 saturated heterocycles. The lowest BCUT2D eigenvalue weighted by Crippen LogP contribution is -2.44. The molecule has 23 heavy (non-hydrogen) atoms. The van der Waals surface area contributed by atoms with Gasteiger partial charge in [0.2, 0.25) is 0 Å². The molecule has 5 nitrogen and oxygen atoms in total. The Bertz CT molecular complexity index is 503. The zero-order valence-electron chi connectivity index (χ0n) is 15.0. The highest BCUT2D eigenvalue weighted by molar-refractivity contribution is 14.0. The SMILES string of the molecule is CCNC(=NCCc1c(C)nn(C)c1C)NC1CCCCC1.I. The Kier molecular flexibility index (Phi) is 8.94. The Morgan fingerprint density at radius 3 is 2.52 bits per heavy atom. The fourth-order valence-corrected chi connectivity index (χ4v) is 3.22. The Morgan fingerprint density at radius 2 is 1.96 bits per heavy atom. The Labute approximate surface area is 157 Å². The summed E-state index contributed by atoms with van der Waals surface area (Å²) in [5.41, 5.74) is 3.71. The van der Waals surface area contributed by atoms with Crippen LogP contribution in [0.5, 0.6) is 0 Å². The van der Waals surface area contributed by atoms with Crippen LogP contribution in [0.4, 0.5) is 0 Å². The van der Waals surface area contributed by atoms with Gasteiger partial charge in [0, 0.05) is 31.9 Å². The molecule has 0 atom stereocenters. The number of nitrogens with zero attached hydrogens (tertiary/aromatic N) is 3. The van der Waals surface area contributed by atoms with Crippen molar-refractivity contribution >= 4 is 29.9 Å². The van der Waals surface area contributed by atoms with Gasteiger partial charge in [0.1, 0.15) is 0 Å². The predicted molar refractivity (Wildman–Crippen MR) is 108 cm³/mol. The van der Waals surface area contributed by atoms with Crippen molar-refractivity contribution in [2.45, 2.75) is 65.3 Å². The minimum atomic E-state index is 0. The maximum Gasteiger partial charge on any atom is 0.191 e. The molecule has 1 aromatic heterocycles. The molecule has 1 saturated carbocycles. The third-order valence-electron chi connectivity index (χ3n) is 4.58. The van der Waals surface area contributed by atoms with Crippen LogP contribution in [0.3, 0.4) is 0 Å². The summed E-state index contributed by atoms with van der Waals surface area (Å²) in [4.78, 5) is 4.75. The maximum atomic E-state index is 4.75. The standard InChI is InChI=1S/C17H31N5.HI/c1-5-18-17(20-15-9-7-6-8-10-15)19-12-11-16-13(2)21-22(4)14(16)3;/h15H,5-12H2,1-4H3,(H2,18,19,20);1H. The fraction of sp³-hybridized carbons (Fsp3) is 0.765. The molecule has 0 radical (unpaired) electrons. The molecule has 2 N–H and O–H groups in total. The van der Waals surface area contributed by atoms with Crippen LogP contribution < -0.4 is 10.6 Å². The van der Waals surface area contributed by atoms with Crippen molar-refractivity contribution in [1.29, 1.82) is 0 Å². The van der Waals surface area contributed by atoms with Gasteiger partial charge in [-0.15, -0.1) is 24.0 Å².